The van der Waals surface area contributed by atoms with E-state index in [0.29, 0.717) is 42.9 Å². The monoisotopic (exact) mass is 534 g/mol. The number of allylic oxidation sites excluding steroid dienone is 1. The van der Waals surface area contributed by atoms with Gasteiger partial charge in [-0.3, -0.25) is 9.36 Å². The Balaban J connectivity index is 1.64. The zero-order chi connectivity index (χ0) is 26.1. The van der Waals surface area contributed by atoms with Crippen molar-refractivity contribution in [1.29, 1.82) is 0 Å². The van der Waals surface area contributed by atoms with Gasteiger partial charge in [-0.2, -0.15) is 0 Å². The lowest BCUT2D eigenvalue weighted by Gasteiger charge is -2.24. The van der Waals surface area contributed by atoms with Gasteiger partial charge in [0.05, 0.1) is 40.6 Å². The highest BCUT2D eigenvalue weighted by Gasteiger charge is 2.33. The summed E-state index contributed by atoms with van der Waals surface area (Å²) in [6, 6.07) is 17.5. The van der Waals surface area contributed by atoms with E-state index >= 15 is 0 Å². The highest BCUT2D eigenvalue weighted by Crippen LogP contribution is 2.32. The largest absolute Gasteiger partial charge is 0.497 e. The van der Waals surface area contributed by atoms with Crippen LogP contribution >= 0.6 is 22.9 Å². The van der Waals surface area contributed by atoms with Gasteiger partial charge in [-0.1, -0.05) is 47.2 Å². The number of aromatic nitrogens is 1. The number of thiazole rings is 1. The van der Waals surface area contributed by atoms with E-state index in [9.17, 15) is 9.59 Å². The van der Waals surface area contributed by atoms with Crippen molar-refractivity contribution in [3.63, 3.8) is 0 Å². The molecule has 37 heavy (non-hydrogen) atoms. The summed E-state index contributed by atoms with van der Waals surface area (Å²) in [5.74, 6) is 1.26. The lowest BCUT2D eigenvalue weighted by atomic mass is 9.96. The molecule has 0 N–H and O–H groups in total. The maximum Gasteiger partial charge on any atom is 0.338 e. The van der Waals surface area contributed by atoms with Crippen LogP contribution in [0.25, 0.3) is 17.4 Å². The van der Waals surface area contributed by atoms with Crippen molar-refractivity contribution in [2.24, 2.45) is 4.99 Å². The van der Waals surface area contributed by atoms with E-state index in [1.807, 2.05) is 36.4 Å². The number of fused-ring (bicyclic) bond motifs is 1. The second-order valence-corrected chi connectivity index (χ2v) is 9.67. The van der Waals surface area contributed by atoms with Crippen LogP contribution in [0.15, 0.2) is 86.1 Å². The van der Waals surface area contributed by atoms with Crippen LogP contribution in [-0.2, 0) is 9.53 Å². The number of furan rings is 1. The zero-order valence-corrected chi connectivity index (χ0v) is 21.9. The van der Waals surface area contributed by atoms with E-state index in [4.69, 9.17) is 25.5 Å². The van der Waals surface area contributed by atoms with Gasteiger partial charge in [-0.15, -0.1) is 0 Å². The molecule has 0 fully saturated rings. The molecule has 4 aromatic rings. The third-order valence-electron chi connectivity index (χ3n) is 5.99. The third-order valence-corrected chi connectivity index (χ3v) is 7.30. The van der Waals surface area contributed by atoms with Crippen LogP contribution in [0.2, 0.25) is 5.02 Å². The first-order valence-corrected chi connectivity index (χ1v) is 12.8. The fourth-order valence-corrected chi connectivity index (χ4v) is 5.51. The van der Waals surface area contributed by atoms with Gasteiger partial charge in [0.15, 0.2) is 4.80 Å². The van der Waals surface area contributed by atoms with E-state index < -0.39 is 12.0 Å². The van der Waals surface area contributed by atoms with Crippen LogP contribution in [0.5, 0.6) is 5.75 Å². The molecule has 0 saturated carbocycles. The average molecular weight is 535 g/mol. The molecule has 0 spiro atoms. The van der Waals surface area contributed by atoms with Crippen molar-refractivity contribution in [1.82, 2.24) is 4.57 Å². The first kappa shape index (κ1) is 24.8. The van der Waals surface area contributed by atoms with Gasteiger partial charge >= 0.3 is 5.97 Å². The fraction of sp³-hybridized carbons (Fsp3) is 0.179. The molecule has 0 amide bonds. The van der Waals surface area contributed by atoms with Crippen LogP contribution in [0, 0.1) is 0 Å². The highest BCUT2D eigenvalue weighted by molar-refractivity contribution is 7.07. The third kappa shape index (κ3) is 4.65. The number of carbonyl (C=O) groups is 1. The molecule has 0 aliphatic carbocycles. The number of methoxy groups -OCH3 is 1. The van der Waals surface area contributed by atoms with E-state index in [0.717, 1.165) is 11.1 Å². The molecule has 9 heteroatoms. The molecular formula is C28H23ClN2O5S. The molecule has 7 nitrogen and oxygen atoms in total. The molecule has 1 aliphatic rings. The van der Waals surface area contributed by atoms with Gasteiger partial charge < -0.3 is 13.9 Å². The number of carbonyl (C=O) groups excluding carboxylic acids is 1. The molecule has 3 heterocycles. The van der Waals surface area contributed by atoms with Crippen LogP contribution in [0.1, 0.15) is 31.2 Å². The molecule has 1 unspecified atom stereocenters. The molecule has 1 atom stereocenters. The zero-order valence-electron chi connectivity index (χ0n) is 20.4. The lowest BCUT2D eigenvalue weighted by molar-refractivity contribution is -0.139. The number of rotatable bonds is 6. The Kier molecular flexibility index (Phi) is 6.86. The number of hydrogen-bond acceptors (Lipinski definition) is 7. The van der Waals surface area contributed by atoms with Gasteiger partial charge in [0.1, 0.15) is 17.3 Å². The first-order chi connectivity index (χ1) is 17.9. The Labute approximate surface area is 221 Å². The standard InChI is InChI=1S/C28H23ClN2O5S/c1-4-35-27(33)24-16(2)30-28-31(25(24)17-9-11-18(34-3)12-10-17)26(32)23(37-28)15-19-13-14-22(36-19)20-7-5-6-8-21(20)29/h5-15,25H,4H2,1-3H3. The summed E-state index contributed by atoms with van der Waals surface area (Å²) in [7, 11) is 1.58. The minimum absolute atomic E-state index is 0.210. The molecule has 0 saturated heterocycles. The van der Waals surface area contributed by atoms with Crippen molar-refractivity contribution in [2.45, 2.75) is 19.9 Å². The molecule has 0 bridgehead atoms. The van der Waals surface area contributed by atoms with Crippen molar-refractivity contribution in [3.8, 4) is 17.1 Å². The summed E-state index contributed by atoms with van der Waals surface area (Å²) in [4.78, 5) is 31.8. The maximum atomic E-state index is 13.7. The molecule has 2 aromatic carbocycles. The smallest absolute Gasteiger partial charge is 0.338 e. The number of halogens is 1. The van der Waals surface area contributed by atoms with Gasteiger partial charge in [0, 0.05) is 11.6 Å². The lowest BCUT2D eigenvalue weighted by Crippen LogP contribution is -2.39. The first-order valence-electron chi connectivity index (χ1n) is 11.6. The summed E-state index contributed by atoms with van der Waals surface area (Å²) < 4.78 is 18.6. The Morgan fingerprint density at radius 2 is 1.92 bits per heavy atom. The van der Waals surface area contributed by atoms with Gasteiger partial charge in [0.2, 0.25) is 0 Å². The number of ether oxygens (including phenoxy) is 2. The highest BCUT2D eigenvalue weighted by atomic mass is 35.5. The number of esters is 1. The Hall–Kier alpha value is -3.88. The predicted octanol–water partition coefficient (Wildman–Crippen LogP) is 4.72. The van der Waals surface area contributed by atoms with E-state index in [1.54, 1.807) is 51.3 Å². The second-order valence-electron chi connectivity index (χ2n) is 8.26. The summed E-state index contributed by atoms with van der Waals surface area (Å²) in [6.45, 7) is 3.70. The number of hydrogen-bond donors (Lipinski definition) is 0. The van der Waals surface area contributed by atoms with Crippen molar-refractivity contribution in [3.05, 3.63) is 108 Å². The van der Waals surface area contributed by atoms with E-state index in [-0.39, 0.29) is 12.2 Å². The van der Waals surface area contributed by atoms with Gasteiger partial charge in [-0.25, -0.2) is 9.79 Å². The topological polar surface area (TPSA) is 83.0 Å². The van der Waals surface area contributed by atoms with Crippen LogP contribution in [0.4, 0.5) is 0 Å². The fourth-order valence-electron chi connectivity index (χ4n) is 4.26. The Bertz CT molecular complexity index is 1700. The summed E-state index contributed by atoms with van der Waals surface area (Å²) in [6.07, 6.45) is 1.68. The molecule has 188 valence electrons. The minimum atomic E-state index is -0.696. The molecule has 5 rings (SSSR count). The van der Waals surface area contributed by atoms with Crippen molar-refractivity contribution < 1.29 is 18.7 Å². The quantitative estimate of drug-likeness (QED) is 0.334. The molecule has 0 radical (unpaired) electrons. The van der Waals surface area contributed by atoms with Crippen LogP contribution < -0.4 is 19.6 Å². The maximum absolute atomic E-state index is 13.7. The summed E-state index contributed by atoms with van der Waals surface area (Å²) in [5.41, 5.74) is 2.05. The van der Waals surface area contributed by atoms with E-state index in [1.165, 1.54) is 15.9 Å². The van der Waals surface area contributed by atoms with E-state index in [2.05, 4.69) is 4.99 Å². The SMILES string of the molecule is CCOC(=O)C1=C(C)N=c2sc(=Cc3ccc(-c4ccccc4Cl)o3)c(=O)n2C1c1ccc(OC)cc1. The Morgan fingerprint density at radius 1 is 1.16 bits per heavy atom. The van der Waals surface area contributed by atoms with Crippen molar-refractivity contribution >= 4 is 35.0 Å². The van der Waals surface area contributed by atoms with Crippen molar-refractivity contribution in [2.75, 3.05) is 13.7 Å². The molecular weight excluding hydrogens is 512 g/mol. The molecule has 2 aromatic heterocycles. The van der Waals surface area contributed by atoms with Crippen LogP contribution in [0.3, 0.4) is 0 Å². The predicted molar refractivity (Wildman–Crippen MR) is 143 cm³/mol. The van der Waals surface area contributed by atoms with Gasteiger partial charge in [0.25, 0.3) is 5.56 Å². The van der Waals surface area contributed by atoms with Crippen LogP contribution in [-0.4, -0.2) is 24.3 Å². The van der Waals surface area contributed by atoms with Gasteiger partial charge in [-0.05, 0) is 55.8 Å². The summed E-state index contributed by atoms with van der Waals surface area (Å²) in [5, 5.41) is 0.573. The second kappa shape index (κ2) is 10.2. The normalized spacial score (nSPS) is 15.4. The number of benzene rings is 2. The average Bonchev–Trinajstić information content (AvgIpc) is 3.48. The number of nitrogens with zero attached hydrogens (tertiary/aromatic N) is 2. The minimum Gasteiger partial charge on any atom is -0.497 e. The summed E-state index contributed by atoms with van der Waals surface area (Å²) >= 11 is 7.54. The molecule has 1 aliphatic heterocycles. The Morgan fingerprint density at radius 3 is 2.62 bits per heavy atom.